The van der Waals surface area contributed by atoms with Crippen molar-refractivity contribution in [1.29, 1.82) is 0 Å². The minimum Gasteiger partial charge on any atom is -0.507 e. The number of hydrogen-bond donors (Lipinski definition) is 4. The number of rotatable bonds is 8. The van der Waals surface area contributed by atoms with Crippen molar-refractivity contribution in [2.24, 2.45) is 0 Å². The van der Waals surface area contributed by atoms with E-state index in [2.05, 4.69) is 103 Å². The van der Waals surface area contributed by atoms with Crippen LogP contribution in [0.1, 0.15) is 105 Å². The number of phenols is 4. The molecular formula is C84H76CoN8O4W. The molecule has 0 aliphatic rings. The van der Waals surface area contributed by atoms with Crippen LogP contribution in [0.4, 0.5) is 0 Å². The number of benzene rings is 6. The zero-order valence-electron chi connectivity index (χ0n) is 56.9. The van der Waals surface area contributed by atoms with Gasteiger partial charge in [-0.25, -0.2) is 19.9 Å². The molecule has 8 heterocycles. The fourth-order valence-corrected chi connectivity index (χ4v) is 12.2. The molecule has 0 unspecified atom stereocenters. The van der Waals surface area contributed by atoms with Gasteiger partial charge in [-0.3, -0.25) is 19.9 Å². The number of hydrogen-bond acceptors (Lipinski definition) is 12. The van der Waals surface area contributed by atoms with Crippen molar-refractivity contribution in [3.8, 4) is 113 Å². The van der Waals surface area contributed by atoms with Gasteiger partial charge in [0.15, 0.2) is 0 Å². The number of aromatic nitrogens is 8. The Morgan fingerprint density at radius 3 is 0.612 bits per heavy atom. The van der Waals surface area contributed by atoms with Crippen LogP contribution in [0.3, 0.4) is 0 Å². The average Bonchev–Trinajstić information content (AvgIpc) is 0.767. The van der Waals surface area contributed by atoms with Crippen molar-refractivity contribution in [1.82, 2.24) is 39.9 Å². The molecule has 12 nitrogen and oxygen atoms in total. The van der Waals surface area contributed by atoms with Crippen LogP contribution in [0.15, 0.2) is 219 Å². The quantitative estimate of drug-likeness (QED) is 0.106. The van der Waals surface area contributed by atoms with Crippen LogP contribution < -0.4 is 0 Å². The molecular weight excluding hydrogens is 1430 g/mol. The predicted molar refractivity (Wildman–Crippen MR) is 390 cm³/mol. The largest absolute Gasteiger partial charge is 0.507 e. The van der Waals surface area contributed by atoms with Crippen molar-refractivity contribution in [3.05, 3.63) is 242 Å². The Morgan fingerprint density at radius 2 is 0.439 bits per heavy atom. The van der Waals surface area contributed by atoms with Crippen LogP contribution in [0, 0.1) is 0 Å². The molecule has 491 valence electrons. The number of aromatic hydroxyl groups is 4. The monoisotopic (exact) mass is 1500 g/mol. The number of pyridine rings is 8. The first-order valence-corrected chi connectivity index (χ1v) is 32.3. The average molecular weight is 1500 g/mol. The van der Waals surface area contributed by atoms with E-state index in [1.165, 1.54) is 0 Å². The summed E-state index contributed by atoms with van der Waals surface area (Å²) in [5.41, 5.74) is 17.9. The maximum absolute atomic E-state index is 11.7. The molecule has 0 spiro atoms. The van der Waals surface area contributed by atoms with Gasteiger partial charge in [-0.05, 0) is 141 Å². The van der Waals surface area contributed by atoms with E-state index in [4.69, 9.17) is 19.9 Å². The smallest absolute Gasteiger partial charge is 0.132 e. The maximum Gasteiger partial charge on any atom is 0.132 e. The summed E-state index contributed by atoms with van der Waals surface area (Å²) in [6.45, 7) is 25.9. The predicted octanol–water partition coefficient (Wildman–Crippen LogP) is 20.5. The van der Waals surface area contributed by atoms with Crippen molar-refractivity contribution in [2.75, 3.05) is 0 Å². The second-order valence-corrected chi connectivity index (χ2v) is 28.9. The van der Waals surface area contributed by atoms with E-state index < -0.39 is 0 Å². The molecule has 14 rings (SSSR count). The molecule has 14 heteroatoms. The standard InChI is InChI=1S/2C42H38N4O2.Co.W/c2*1-41(2,3)29-19-31(27-9-7-17-43-23-27)39(47)33(21-29)35-15-13-25-11-12-26-14-16-36(46-38(26)37(25)45-35)34-22-30(42(4,5)6)20-32(40(34)48)28-10-8-18-44-24-28;;/h2*7-24,47-48H,1-6H3;;. The molecule has 0 amide bonds. The van der Waals surface area contributed by atoms with Gasteiger partial charge in [-0.15, -0.1) is 0 Å². The summed E-state index contributed by atoms with van der Waals surface area (Å²) >= 11 is 0. The fourth-order valence-electron chi connectivity index (χ4n) is 12.2. The first-order valence-electron chi connectivity index (χ1n) is 32.3. The Bertz CT molecular complexity index is 4660. The maximum atomic E-state index is 11.7. The van der Waals surface area contributed by atoms with E-state index in [1.807, 2.05) is 170 Å². The molecule has 0 bridgehead atoms. The summed E-state index contributed by atoms with van der Waals surface area (Å²) in [6.07, 6.45) is 14.0. The Labute approximate surface area is 596 Å². The number of nitrogens with zero attached hydrogens (tertiary/aromatic N) is 8. The zero-order valence-corrected chi connectivity index (χ0v) is 60.9. The van der Waals surface area contributed by atoms with Crippen LogP contribution in [-0.2, 0) is 59.5 Å². The van der Waals surface area contributed by atoms with Crippen LogP contribution in [0.2, 0.25) is 0 Å². The third-order valence-electron chi connectivity index (χ3n) is 17.9. The summed E-state index contributed by atoms with van der Waals surface area (Å²) in [6, 6.07) is 55.6. The molecule has 0 aliphatic heterocycles. The summed E-state index contributed by atoms with van der Waals surface area (Å²) in [4.78, 5) is 37.8. The second-order valence-electron chi connectivity index (χ2n) is 28.9. The van der Waals surface area contributed by atoms with Crippen LogP contribution >= 0.6 is 0 Å². The normalized spacial score (nSPS) is 11.9. The number of fused-ring (bicyclic) bond motifs is 6. The third-order valence-corrected chi connectivity index (χ3v) is 17.9. The van der Waals surface area contributed by atoms with E-state index in [0.29, 0.717) is 89.4 Å². The molecule has 6 aromatic carbocycles. The van der Waals surface area contributed by atoms with E-state index >= 15 is 0 Å². The van der Waals surface area contributed by atoms with Gasteiger partial charge in [0.1, 0.15) is 23.0 Å². The third kappa shape index (κ3) is 13.8. The Kier molecular flexibility index (Phi) is 19.2. The zero-order chi connectivity index (χ0) is 67.6. The molecule has 0 saturated carbocycles. The van der Waals surface area contributed by atoms with Gasteiger partial charge in [-0.1, -0.05) is 156 Å². The Hall–Kier alpha value is -10.0. The van der Waals surface area contributed by atoms with Gasteiger partial charge in [0.25, 0.3) is 0 Å². The van der Waals surface area contributed by atoms with Gasteiger partial charge in [0.2, 0.25) is 0 Å². The Balaban J connectivity index is 0.000000194. The molecule has 98 heavy (non-hydrogen) atoms. The van der Waals surface area contributed by atoms with Crippen molar-refractivity contribution in [2.45, 2.75) is 105 Å². The van der Waals surface area contributed by atoms with E-state index in [-0.39, 0.29) is 82.5 Å². The Morgan fingerprint density at radius 1 is 0.255 bits per heavy atom. The molecule has 0 saturated heterocycles. The summed E-state index contributed by atoms with van der Waals surface area (Å²) < 4.78 is 0. The van der Waals surface area contributed by atoms with E-state index in [1.54, 1.807) is 49.6 Å². The molecule has 0 aliphatic carbocycles. The summed E-state index contributed by atoms with van der Waals surface area (Å²) in [5, 5.41) is 50.5. The number of phenolic OH excluding ortho intramolecular Hbond substituents is 4. The van der Waals surface area contributed by atoms with Gasteiger partial charge in [0.05, 0.1) is 44.8 Å². The summed E-state index contributed by atoms with van der Waals surface area (Å²) in [7, 11) is 0. The summed E-state index contributed by atoms with van der Waals surface area (Å²) in [5.74, 6) is 0.624. The van der Waals surface area contributed by atoms with Crippen molar-refractivity contribution >= 4 is 43.6 Å². The minimum atomic E-state index is -0.169. The topological polar surface area (TPSA) is 184 Å². The first kappa shape index (κ1) is 69.3. The minimum absolute atomic E-state index is 0. The van der Waals surface area contributed by atoms with E-state index in [9.17, 15) is 20.4 Å². The van der Waals surface area contributed by atoms with Crippen LogP contribution in [-0.4, -0.2) is 60.3 Å². The molecule has 4 N–H and O–H groups in total. The second kappa shape index (κ2) is 27.1. The van der Waals surface area contributed by atoms with Gasteiger partial charge >= 0.3 is 0 Å². The first-order chi connectivity index (χ1) is 45.8. The molecule has 0 fully saturated rings. The van der Waals surface area contributed by atoms with Gasteiger partial charge < -0.3 is 20.4 Å². The molecule has 1 radical (unpaired) electrons. The SMILES string of the molecule is CC(C)(C)c1cc(-c2cccnc2)c(O)c(-c2ccc3ccc4ccc(-c5cc(C(C)(C)C)cc(-c6cccnc6)c5O)nc4c3n2)c1.CC(C)(C)c1cc(-c2cccnc2)c(O)c(-c2ccc3ccc4ccc(-c5cc(C(C)(C)C)cc(-c6cccnc6)c5O)nc4c3n2)c1.[Co].[W]. The van der Waals surface area contributed by atoms with Gasteiger partial charge in [0, 0.05) is 176 Å². The van der Waals surface area contributed by atoms with Crippen LogP contribution in [0.5, 0.6) is 23.0 Å². The van der Waals surface area contributed by atoms with E-state index in [0.717, 1.165) is 66.1 Å². The molecule has 8 aromatic heterocycles. The van der Waals surface area contributed by atoms with Crippen molar-refractivity contribution < 1.29 is 58.3 Å². The van der Waals surface area contributed by atoms with Crippen molar-refractivity contribution in [3.63, 3.8) is 0 Å². The molecule has 0 atom stereocenters. The fraction of sp³-hybridized carbons (Fsp3) is 0.190. The van der Waals surface area contributed by atoms with Crippen LogP contribution in [0.25, 0.3) is 133 Å². The van der Waals surface area contributed by atoms with Gasteiger partial charge in [-0.2, -0.15) is 0 Å². The molecule has 14 aromatic rings.